The molecule has 0 unspecified atom stereocenters. The van der Waals surface area contributed by atoms with Crippen LogP contribution in [0.15, 0.2) is 60.8 Å². The quantitative estimate of drug-likeness (QED) is 0.646. The number of halogens is 1. The molecule has 7 heteroatoms. The number of imidazole rings is 1. The van der Waals surface area contributed by atoms with Crippen LogP contribution in [0.3, 0.4) is 0 Å². The number of rotatable bonds is 8. The summed E-state index contributed by atoms with van der Waals surface area (Å²) in [5.74, 6) is -0.0844. The zero-order chi connectivity index (χ0) is 19.3. The van der Waals surface area contributed by atoms with Gasteiger partial charge in [-0.2, -0.15) is 0 Å². The van der Waals surface area contributed by atoms with Crippen LogP contribution in [0.4, 0.5) is 4.39 Å². The molecule has 3 aromatic rings. The molecule has 1 aromatic heterocycles. The molecule has 0 saturated heterocycles. The summed E-state index contributed by atoms with van der Waals surface area (Å²) in [5.41, 5.74) is 2.33. The van der Waals surface area contributed by atoms with Crippen LogP contribution in [-0.4, -0.2) is 24.5 Å². The maximum atomic E-state index is 13.7. The summed E-state index contributed by atoms with van der Waals surface area (Å²) < 4.78 is 42.7. The predicted molar refractivity (Wildman–Crippen MR) is 103 cm³/mol. The molecular formula is C20H22FN3O2S. The summed E-state index contributed by atoms with van der Waals surface area (Å²) in [6, 6.07) is 15.9. The van der Waals surface area contributed by atoms with Gasteiger partial charge >= 0.3 is 0 Å². The van der Waals surface area contributed by atoms with Crippen LogP contribution in [0, 0.1) is 12.7 Å². The molecule has 0 saturated carbocycles. The van der Waals surface area contributed by atoms with Crippen molar-refractivity contribution in [1.29, 1.82) is 0 Å². The Morgan fingerprint density at radius 3 is 2.52 bits per heavy atom. The van der Waals surface area contributed by atoms with E-state index in [1.165, 1.54) is 18.2 Å². The van der Waals surface area contributed by atoms with Gasteiger partial charge in [0.05, 0.1) is 5.75 Å². The van der Waals surface area contributed by atoms with E-state index in [2.05, 4.69) is 14.3 Å². The lowest BCUT2D eigenvalue weighted by Gasteiger charge is -2.11. The van der Waals surface area contributed by atoms with Crippen molar-refractivity contribution in [3.05, 3.63) is 89.3 Å². The standard InChI is InChI=1S/C20H22FN3O2S/c1-16-13-22-20(24(16)14-17-7-3-2-4-8-17)11-12-23-27(25,26)15-18-9-5-6-10-19(18)21/h2-10,13,23H,11-12,14-15H2,1H3. The van der Waals surface area contributed by atoms with Crippen molar-refractivity contribution in [2.45, 2.75) is 25.6 Å². The molecule has 5 nitrogen and oxygen atoms in total. The van der Waals surface area contributed by atoms with Crippen LogP contribution >= 0.6 is 0 Å². The van der Waals surface area contributed by atoms with Gasteiger partial charge < -0.3 is 4.57 Å². The first kappa shape index (κ1) is 19.3. The highest BCUT2D eigenvalue weighted by molar-refractivity contribution is 7.88. The minimum absolute atomic E-state index is 0.159. The predicted octanol–water partition coefficient (Wildman–Crippen LogP) is 3.04. The molecule has 0 radical (unpaired) electrons. The van der Waals surface area contributed by atoms with Gasteiger partial charge in [-0.15, -0.1) is 0 Å². The topological polar surface area (TPSA) is 64.0 Å². The molecule has 1 N–H and O–H groups in total. The Bertz CT molecular complexity index is 1000. The molecule has 0 atom stereocenters. The molecule has 0 amide bonds. The van der Waals surface area contributed by atoms with E-state index in [1.807, 2.05) is 37.3 Å². The van der Waals surface area contributed by atoms with Crippen molar-refractivity contribution >= 4 is 10.0 Å². The lowest BCUT2D eigenvalue weighted by atomic mass is 10.2. The van der Waals surface area contributed by atoms with Gasteiger partial charge in [-0.3, -0.25) is 0 Å². The molecule has 0 spiro atoms. The molecule has 0 bridgehead atoms. The SMILES string of the molecule is Cc1cnc(CCNS(=O)(=O)Cc2ccccc2F)n1Cc1ccccc1. The Hall–Kier alpha value is -2.51. The van der Waals surface area contributed by atoms with E-state index in [1.54, 1.807) is 12.3 Å². The van der Waals surface area contributed by atoms with E-state index in [0.29, 0.717) is 13.0 Å². The van der Waals surface area contributed by atoms with Gasteiger partial charge in [-0.05, 0) is 18.6 Å². The van der Waals surface area contributed by atoms with Crippen molar-refractivity contribution in [2.24, 2.45) is 0 Å². The summed E-state index contributed by atoms with van der Waals surface area (Å²) in [6.07, 6.45) is 2.24. The zero-order valence-corrected chi connectivity index (χ0v) is 15.9. The lowest BCUT2D eigenvalue weighted by Crippen LogP contribution is -2.28. The third kappa shape index (κ3) is 5.24. The highest BCUT2D eigenvalue weighted by Gasteiger charge is 2.15. The summed E-state index contributed by atoms with van der Waals surface area (Å²) in [5, 5.41) is 0. The number of sulfonamides is 1. The average Bonchev–Trinajstić information content (AvgIpc) is 2.98. The third-order valence-electron chi connectivity index (χ3n) is 4.30. The molecule has 27 heavy (non-hydrogen) atoms. The van der Waals surface area contributed by atoms with E-state index in [-0.39, 0.29) is 17.9 Å². The van der Waals surface area contributed by atoms with Crippen LogP contribution in [-0.2, 0) is 28.7 Å². The number of nitrogens with zero attached hydrogens (tertiary/aromatic N) is 2. The fourth-order valence-electron chi connectivity index (χ4n) is 2.88. The van der Waals surface area contributed by atoms with Gasteiger partial charge in [-0.25, -0.2) is 22.5 Å². The van der Waals surface area contributed by atoms with Gasteiger partial charge in [0.25, 0.3) is 0 Å². The second kappa shape index (κ2) is 8.45. The van der Waals surface area contributed by atoms with Crippen LogP contribution in [0.5, 0.6) is 0 Å². The Kier molecular flexibility index (Phi) is 6.03. The normalized spacial score (nSPS) is 11.6. The second-order valence-corrected chi connectivity index (χ2v) is 8.19. The third-order valence-corrected chi connectivity index (χ3v) is 5.63. The summed E-state index contributed by atoms with van der Waals surface area (Å²) in [6.45, 7) is 2.87. The summed E-state index contributed by atoms with van der Waals surface area (Å²) in [7, 11) is -3.62. The number of aromatic nitrogens is 2. The van der Waals surface area contributed by atoms with E-state index in [4.69, 9.17) is 0 Å². The Morgan fingerprint density at radius 1 is 1.07 bits per heavy atom. The van der Waals surface area contributed by atoms with Gasteiger partial charge in [0.1, 0.15) is 11.6 Å². The van der Waals surface area contributed by atoms with Crippen molar-refractivity contribution in [3.63, 3.8) is 0 Å². The number of nitrogens with one attached hydrogen (secondary N) is 1. The van der Waals surface area contributed by atoms with Gasteiger partial charge in [-0.1, -0.05) is 48.5 Å². The van der Waals surface area contributed by atoms with Gasteiger partial charge in [0.15, 0.2) is 0 Å². The molecule has 2 aromatic carbocycles. The molecule has 1 heterocycles. The van der Waals surface area contributed by atoms with E-state index in [0.717, 1.165) is 17.1 Å². The monoisotopic (exact) mass is 387 g/mol. The average molecular weight is 387 g/mol. The highest BCUT2D eigenvalue weighted by Crippen LogP contribution is 2.12. The van der Waals surface area contributed by atoms with E-state index in [9.17, 15) is 12.8 Å². The number of aryl methyl sites for hydroxylation is 1. The second-order valence-electron chi connectivity index (χ2n) is 6.38. The first-order valence-electron chi connectivity index (χ1n) is 8.70. The van der Waals surface area contributed by atoms with Crippen LogP contribution < -0.4 is 4.72 Å². The minimum atomic E-state index is -3.62. The molecule has 142 valence electrons. The van der Waals surface area contributed by atoms with Gasteiger partial charge in [0, 0.05) is 37.0 Å². The smallest absolute Gasteiger partial charge is 0.215 e. The largest absolute Gasteiger partial charge is 0.328 e. The highest BCUT2D eigenvalue weighted by atomic mass is 32.2. The fraction of sp³-hybridized carbons (Fsp3) is 0.250. The molecule has 3 rings (SSSR count). The molecular weight excluding hydrogens is 365 g/mol. The Balaban J connectivity index is 1.61. The number of benzene rings is 2. The van der Waals surface area contributed by atoms with Crippen molar-refractivity contribution in [3.8, 4) is 0 Å². The maximum Gasteiger partial charge on any atom is 0.215 e. The van der Waals surface area contributed by atoms with E-state index < -0.39 is 15.8 Å². The maximum absolute atomic E-state index is 13.7. The fourth-order valence-corrected chi connectivity index (χ4v) is 4.04. The van der Waals surface area contributed by atoms with Crippen LogP contribution in [0.1, 0.15) is 22.6 Å². The van der Waals surface area contributed by atoms with Crippen LogP contribution in [0.25, 0.3) is 0 Å². The first-order chi connectivity index (χ1) is 12.9. The molecule has 0 aliphatic heterocycles. The zero-order valence-electron chi connectivity index (χ0n) is 15.1. The minimum Gasteiger partial charge on any atom is -0.328 e. The van der Waals surface area contributed by atoms with Crippen molar-refractivity contribution in [1.82, 2.24) is 14.3 Å². The molecule has 0 aliphatic rings. The van der Waals surface area contributed by atoms with E-state index >= 15 is 0 Å². The molecule has 0 aliphatic carbocycles. The number of hydrogen-bond donors (Lipinski definition) is 1. The first-order valence-corrected chi connectivity index (χ1v) is 10.4. The van der Waals surface area contributed by atoms with Crippen molar-refractivity contribution in [2.75, 3.05) is 6.54 Å². The molecule has 0 fully saturated rings. The lowest BCUT2D eigenvalue weighted by molar-refractivity contribution is 0.572. The van der Waals surface area contributed by atoms with Gasteiger partial charge in [0.2, 0.25) is 10.0 Å². The van der Waals surface area contributed by atoms with Crippen LogP contribution in [0.2, 0.25) is 0 Å². The Labute approximate surface area is 158 Å². The number of hydrogen-bond acceptors (Lipinski definition) is 3. The van der Waals surface area contributed by atoms with Crippen molar-refractivity contribution < 1.29 is 12.8 Å². The summed E-state index contributed by atoms with van der Waals surface area (Å²) >= 11 is 0. The Morgan fingerprint density at radius 2 is 1.78 bits per heavy atom. The summed E-state index contributed by atoms with van der Waals surface area (Å²) in [4.78, 5) is 4.40.